The Hall–Kier alpha value is -2.15. The predicted molar refractivity (Wildman–Crippen MR) is 71.6 cm³/mol. The highest BCUT2D eigenvalue weighted by molar-refractivity contribution is 5.85. The monoisotopic (exact) mass is 296 g/mol. The molecule has 0 radical (unpaired) electrons. The van der Waals surface area contributed by atoms with E-state index in [0.29, 0.717) is 5.56 Å². The Kier molecular flexibility index (Phi) is 4.42. The summed E-state index contributed by atoms with van der Waals surface area (Å²) < 4.78 is 18.0. The first kappa shape index (κ1) is 15.2. The summed E-state index contributed by atoms with van der Waals surface area (Å²) in [4.78, 5) is 30.4. The number of ether oxygens (including phenoxy) is 1. The van der Waals surface area contributed by atoms with Crippen molar-refractivity contribution >= 4 is 12.0 Å². The molecule has 1 aromatic carbocycles. The van der Waals surface area contributed by atoms with Gasteiger partial charge in [0, 0.05) is 13.5 Å². The van der Waals surface area contributed by atoms with Crippen molar-refractivity contribution in [1.82, 2.24) is 9.96 Å². The van der Waals surface area contributed by atoms with Gasteiger partial charge < -0.3 is 4.74 Å². The van der Waals surface area contributed by atoms with E-state index >= 15 is 0 Å². The number of benzene rings is 1. The summed E-state index contributed by atoms with van der Waals surface area (Å²) in [5, 5.41) is 1.06. The Labute approximate surface area is 122 Å². The van der Waals surface area contributed by atoms with Crippen molar-refractivity contribution in [3.05, 3.63) is 35.1 Å². The first-order chi connectivity index (χ1) is 9.97. The first-order valence-electron chi connectivity index (χ1n) is 6.41. The molecule has 7 heteroatoms. The molecular formula is C14H17FN2O4. The molecule has 2 rings (SSSR count). The second-order valence-corrected chi connectivity index (χ2v) is 4.75. The minimum absolute atomic E-state index is 0.119. The third-order valence-electron chi connectivity index (χ3n) is 3.58. The molecule has 0 spiro atoms. The summed E-state index contributed by atoms with van der Waals surface area (Å²) in [5.74, 6) is -0.741. The van der Waals surface area contributed by atoms with Gasteiger partial charge in [0.2, 0.25) is 0 Å². The van der Waals surface area contributed by atoms with Gasteiger partial charge >= 0.3 is 6.09 Å². The zero-order chi connectivity index (χ0) is 15.6. The second kappa shape index (κ2) is 6.09. The number of amides is 2. The predicted octanol–water partition coefficient (Wildman–Crippen LogP) is 1.34. The minimum atomic E-state index is -0.736. The molecule has 0 N–H and O–H groups in total. The lowest BCUT2D eigenvalue weighted by molar-refractivity contribution is -0.174. The van der Waals surface area contributed by atoms with Crippen molar-refractivity contribution in [2.24, 2.45) is 0 Å². The number of fused-ring (bicyclic) bond motifs is 1. The zero-order valence-electron chi connectivity index (χ0n) is 12.1. The van der Waals surface area contributed by atoms with Gasteiger partial charge in [-0.25, -0.2) is 14.2 Å². The number of carbonyl (C=O) groups excluding carboxylic acids is 2. The maximum Gasteiger partial charge on any atom is 0.410 e. The van der Waals surface area contributed by atoms with Crippen LogP contribution in [0.4, 0.5) is 9.18 Å². The fourth-order valence-corrected chi connectivity index (χ4v) is 2.38. The van der Waals surface area contributed by atoms with Crippen LogP contribution in [0.25, 0.3) is 0 Å². The molecule has 0 bridgehead atoms. The molecule has 0 aliphatic carbocycles. The maximum absolute atomic E-state index is 13.3. The Balaban J connectivity index is 2.35. The van der Waals surface area contributed by atoms with Crippen molar-refractivity contribution in [3.63, 3.8) is 0 Å². The number of likely N-dealkylation sites (N-methyl/N-ethyl adjacent to an activating group) is 1. The zero-order valence-corrected chi connectivity index (χ0v) is 12.1. The number of methoxy groups -OCH3 is 1. The first-order valence-corrected chi connectivity index (χ1v) is 6.41. The SMILES string of the molecule is COC(=O)N1Cc2cc(F)ccc2CC1C(=O)N(C)OC. The van der Waals surface area contributed by atoms with Gasteiger partial charge in [0.05, 0.1) is 20.8 Å². The summed E-state index contributed by atoms with van der Waals surface area (Å²) in [6, 6.07) is 3.60. The van der Waals surface area contributed by atoms with Crippen LogP contribution >= 0.6 is 0 Å². The average molecular weight is 296 g/mol. The molecule has 1 aliphatic heterocycles. The maximum atomic E-state index is 13.3. The lowest BCUT2D eigenvalue weighted by Crippen LogP contribution is -2.52. The van der Waals surface area contributed by atoms with E-state index in [2.05, 4.69) is 0 Å². The van der Waals surface area contributed by atoms with E-state index in [-0.39, 0.29) is 24.7 Å². The van der Waals surface area contributed by atoms with Crippen molar-refractivity contribution < 1.29 is 23.6 Å². The molecule has 114 valence electrons. The number of carbonyl (C=O) groups is 2. The van der Waals surface area contributed by atoms with E-state index in [4.69, 9.17) is 9.57 Å². The largest absolute Gasteiger partial charge is 0.453 e. The highest BCUT2D eigenvalue weighted by Gasteiger charge is 2.37. The second-order valence-electron chi connectivity index (χ2n) is 4.75. The summed E-state index contributed by atoms with van der Waals surface area (Å²) in [6.07, 6.45) is -0.343. The Morgan fingerprint density at radius 3 is 2.67 bits per heavy atom. The molecule has 1 unspecified atom stereocenters. The van der Waals surface area contributed by atoms with E-state index in [9.17, 15) is 14.0 Å². The van der Waals surface area contributed by atoms with E-state index < -0.39 is 12.1 Å². The van der Waals surface area contributed by atoms with Gasteiger partial charge in [0.15, 0.2) is 0 Å². The minimum Gasteiger partial charge on any atom is -0.453 e. The average Bonchev–Trinajstić information content (AvgIpc) is 2.51. The lowest BCUT2D eigenvalue weighted by Gasteiger charge is -2.36. The summed E-state index contributed by atoms with van der Waals surface area (Å²) in [5.41, 5.74) is 1.50. The summed E-state index contributed by atoms with van der Waals surface area (Å²) in [6.45, 7) is 0.119. The molecule has 0 aromatic heterocycles. The number of hydrogen-bond acceptors (Lipinski definition) is 4. The van der Waals surface area contributed by atoms with Crippen LogP contribution in [0.2, 0.25) is 0 Å². The van der Waals surface area contributed by atoms with Crippen molar-refractivity contribution in [3.8, 4) is 0 Å². The van der Waals surface area contributed by atoms with Crippen LogP contribution < -0.4 is 0 Å². The fourth-order valence-electron chi connectivity index (χ4n) is 2.38. The van der Waals surface area contributed by atoms with Gasteiger partial charge in [-0.3, -0.25) is 14.5 Å². The van der Waals surface area contributed by atoms with Crippen LogP contribution in [0, 0.1) is 5.82 Å². The third-order valence-corrected chi connectivity index (χ3v) is 3.58. The molecule has 6 nitrogen and oxygen atoms in total. The van der Waals surface area contributed by atoms with Gasteiger partial charge in [-0.05, 0) is 23.3 Å². The number of nitrogens with zero attached hydrogens (tertiary/aromatic N) is 2. The number of hydrogen-bond donors (Lipinski definition) is 0. The van der Waals surface area contributed by atoms with Crippen LogP contribution in [-0.2, 0) is 27.3 Å². The molecule has 0 saturated carbocycles. The molecule has 1 aromatic rings. The number of halogens is 1. The summed E-state index contributed by atoms with van der Waals surface area (Å²) >= 11 is 0. The number of rotatable bonds is 2. The quantitative estimate of drug-likeness (QED) is 0.773. The standard InChI is InChI=1S/C14H17FN2O4/c1-16(21-3)13(18)12-7-9-4-5-11(15)6-10(9)8-17(12)14(19)20-2/h4-6,12H,7-8H2,1-3H3. The Morgan fingerprint density at radius 1 is 1.33 bits per heavy atom. The Morgan fingerprint density at radius 2 is 2.05 bits per heavy atom. The van der Waals surface area contributed by atoms with E-state index in [1.807, 2.05) is 0 Å². The molecule has 1 heterocycles. The third kappa shape index (κ3) is 2.97. The van der Waals surface area contributed by atoms with Gasteiger partial charge in [0.25, 0.3) is 5.91 Å². The molecule has 21 heavy (non-hydrogen) atoms. The van der Waals surface area contributed by atoms with E-state index in [0.717, 1.165) is 10.6 Å². The molecule has 1 atom stereocenters. The van der Waals surface area contributed by atoms with Crippen molar-refractivity contribution in [2.45, 2.75) is 19.0 Å². The summed E-state index contributed by atoms with van der Waals surface area (Å²) in [7, 11) is 4.08. The molecule has 0 saturated heterocycles. The Bertz CT molecular complexity index is 564. The van der Waals surface area contributed by atoms with Gasteiger partial charge in [-0.15, -0.1) is 0 Å². The van der Waals surface area contributed by atoms with E-state index in [1.54, 1.807) is 6.07 Å². The smallest absolute Gasteiger partial charge is 0.410 e. The van der Waals surface area contributed by atoms with Crippen LogP contribution in [0.3, 0.4) is 0 Å². The molecule has 2 amide bonds. The van der Waals surface area contributed by atoms with Gasteiger partial charge in [-0.2, -0.15) is 0 Å². The fraction of sp³-hybridized carbons (Fsp3) is 0.429. The highest BCUT2D eigenvalue weighted by atomic mass is 19.1. The van der Waals surface area contributed by atoms with E-state index in [1.165, 1.54) is 38.3 Å². The topological polar surface area (TPSA) is 59.1 Å². The number of hydroxylamine groups is 2. The van der Waals surface area contributed by atoms with Crippen LogP contribution in [0.5, 0.6) is 0 Å². The van der Waals surface area contributed by atoms with Gasteiger partial charge in [-0.1, -0.05) is 6.07 Å². The van der Waals surface area contributed by atoms with Gasteiger partial charge in [0.1, 0.15) is 11.9 Å². The lowest BCUT2D eigenvalue weighted by atomic mass is 9.93. The van der Waals surface area contributed by atoms with Crippen LogP contribution in [0.1, 0.15) is 11.1 Å². The molecular weight excluding hydrogens is 279 g/mol. The molecule has 1 aliphatic rings. The van der Waals surface area contributed by atoms with Crippen molar-refractivity contribution in [1.29, 1.82) is 0 Å². The highest BCUT2D eigenvalue weighted by Crippen LogP contribution is 2.25. The van der Waals surface area contributed by atoms with Crippen molar-refractivity contribution in [2.75, 3.05) is 21.3 Å². The molecule has 0 fully saturated rings. The van der Waals surface area contributed by atoms with Crippen LogP contribution in [-0.4, -0.2) is 49.3 Å². The normalized spacial score (nSPS) is 17.1. The van der Waals surface area contributed by atoms with Crippen LogP contribution in [0.15, 0.2) is 18.2 Å².